The first-order valence-corrected chi connectivity index (χ1v) is 8.15. The Hall–Kier alpha value is -3.80. The molecule has 0 saturated heterocycles. The van der Waals surface area contributed by atoms with Gasteiger partial charge in [-0.05, 0) is 42.5 Å². The van der Waals surface area contributed by atoms with Crippen LogP contribution in [0.3, 0.4) is 0 Å². The van der Waals surface area contributed by atoms with Gasteiger partial charge in [-0.15, -0.1) is 0 Å². The van der Waals surface area contributed by atoms with Crippen molar-refractivity contribution in [2.45, 2.75) is 0 Å². The molecule has 0 spiro atoms. The van der Waals surface area contributed by atoms with Gasteiger partial charge in [-0.1, -0.05) is 18.2 Å². The van der Waals surface area contributed by atoms with Gasteiger partial charge in [0.15, 0.2) is 0 Å². The fraction of sp³-hybridized carbons (Fsp3) is 0. The van der Waals surface area contributed by atoms with E-state index in [0.717, 1.165) is 28.0 Å². The van der Waals surface area contributed by atoms with E-state index in [1.54, 1.807) is 23.0 Å². The predicted molar refractivity (Wildman–Crippen MR) is 105 cm³/mol. The first kappa shape index (κ1) is 15.7. The van der Waals surface area contributed by atoms with Crippen molar-refractivity contribution >= 4 is 39.8 Å². The standard InChI is InChI=1S/C20H17N5O/c21-19-13-17(8-10-22-19)23-16-6-7-18-14(12-16)9-11-25(18)20(26)24-15-4-2-1-3-5-15/h1-13H,(H,24,26)(H3,21,22,23). The highest BCUT2D eigenvalue weighted by atomic mass is 16.2. The number of aromatic nitrogens is 2. The number of benzene rings is 2. The van der Waals surface area contributed by atoms with Crippen LogP contribution in [0, 0.1) is 0 Å². The van der Waals surface area contributed by atoms with Crippen LogP contribution in [0.2, 0.25) is 0 Å². The molecule has 2 heterocycles. The number of anilines is 4. The number of nitrogens with zero attached hydrogens (tertiary/aromatic N) is 2. The number of hydrogen-bond donors (Lipinski definition) is 3. The minimum absolute atomic E-state index is 0.200. The Labute approximate surface area is 150 Å². The molecule has 4 N–H and O–H groups in total. The molecule has 0 unspecified atom stereocenters. The van der Waals surface area contributed by atoms with Crippen molar-refractivity contribution in [2.24, 2.45) is 0 Å². The zero-order chi connectivity index (χ0) is 17.9. The Bertz CT molecular complexity index is 1070. The lowest BCUT2D eigenvalue weighted by Crippen LogP contribution is -2.18. The SMILES string of the molecule is Nc1cc(Nc2ccc3c(ccn3C(=O)Nc3ccccc3)c2)ccn1. The zero-order valence-corrected chi connectivity index (χ0v) is 13.9. The molecule has 6 nitrogen and oxygen atoms in total. The first-order valence-electron chi connectivity index (χ1n) is 8.15. The van der Waals surface area contributed by atoms with Gasteiger partial charge in [-0.2, -0.15) is 0 Å². The highest BCUT2D eigenvalue weighted by Gasteiger charge is 2.09. The second kappa shape index (κ2) is 6.60. The fourth-order valence-electron chi connectivity index (χ4n) is 2.80. The Morgan fingerprint density at radius 1 is 0.923 bits per heavy atom. The summed E-state index contributed by atoms with van der Waals surface area (Å²) in [4.78, 5) is 16.5. The Kier molecular flexibility index (Phi) is 3.99. The molecule has 0 aliphatic rings. The number of carbonyl (C=O) groups excluding carboxylic acids is 1. The monoisotopic (exact) mass is 343 g/mol. The van der Waals surface area contributed by atoms with Gasteiger partial charge in [0.2, 0.25) is 0 Å². The smallest absolute Gasteiger partial charge is 0.330 e. The lowest BCUT2D eigenvalue weighted by atomic mass is 10.2. The van der Waals surface area contributed by atoms with E-state index in [4.69, 9.17) is 5.73 Å². The van der Waals surface area contributed by atoms with E-state index >= 15 is 0 Å². The summed E-state index contributed by atoms with van der Waals surface area (Å²) in [7, 11) is 0. The quantitative estimate of drug-likeness (QED) is 0.513. The lowest BCUT2D eigenvalue weighted by molar-refractivity contribution is 0.254. The van der Waals surface area contributed by atoms with Crippen LogP contribution in [0.5, 0.6) is 0 Å². The van der Waals surface area contributed by atoms with Crippen LogP contribution < -0.4 is 16.4 Å². The molecule has 26 heavy (non-hydrogen) atoms. The highest BCUT2D eigenvalue weighted by molar-refractivity contribution is 5.99. The van der Waals surface area contributed by atoms with E-state index < -0.39 is 0 Å². The third-order valence-corrected chi connectivity index (χ3v) is 4.00. The van der Waals surface area contributed by atoms with Crippen molar-refractivity contribution in [1.29, 1.82) is 0 Å². The summed E-state index contributed by atoms with van der Waals surface area (Å²) in [6.07, 6.45) is 3.41. The molecule has 128 valence electrons. The summed E-state index contributed by atoms with van der Waals surface area (Å²) >= 11 is 0. The molecule has 0 aliphatic carbocycles. The average molecular weight is 343 g/mol. The van der Waals surface area contributed by atoms with Crippen molar-refractivity contribution in [3.63, 3.8) is 0 Å². The molecular formula is C20H17N5O. The summed E-state index contributed by atoms with van der Waals surface area (Å²) in [5.41, 5.74) is 9.06. The van der Waals surface area contributed by atoms with Gasteiger partial charge in [0.05, 0.1) is 5.52 Å². The van der Waals surface area contributed by atoms with Crippen LogP contribution in [-0.4, -0.2) is 15.6 Å². The number of amides is 1. The number of pyridine rings is 1. The van der Waals surface area contributed by atoms with Crippen LogP contribution in [0.4, 0.5) is 27.7 Å². The predicted octanol–water partition coefficient (Wildman–Crippen LogP) is 4.44. The normalized spacial score (nSPS) is 10.6. The van der Waals surface area contributed by atoms with Crippen LogP contribution in [0.15, 0.2) is 79.1 Å². The molecule has 0 bridgehead atoms. The van der Waals surface area contributed by atoms with Gasteiger partial charge in [-0.25, -0.2) is 9.78 Å². The fourth-order valence-corrected chi connectivity index (χ4v) is 2.80. The molecule has 0 aliphatic heterocycles. The van der Waals surface area contributed by atoms with Gasteiger partial charge in [0, 0.05) is 40.9 Å². The molecule has 0 radical (unpaired) electrons. The number of fused-ring (bicyclic) bond motifs is 1. The Morgan fingerprint density at radius 3 is 2.54 bits per heavy atom. The average Bonchev–Trinajstić information content (AvgIpc) is 3.06. The molecule has 0 saturated carbocycles. The Balaban J connectivity index is 1.58. The number of nitrogen functional groups attached to an aromatic ring is 1. The first-order chi connectivity index (χ1) is 12.7. The molecule has 0 fully saturated rings. The van der Waals surface area contributed by atoms with Gasteiger partial charge in [-0.3, -0.25) is 4.57 Å². The molecule has 1 amide bonds. The van der Waals surface area contributed by atoms with E-state index in [0.29, 0.717) is 5.82 Å². The van der Waals surface area contributed by atoms with Gasteiger partial charge in [0.25, 0.3) is 0 Å². The maximum atomic E-state index is 12.5. The van der Waals surface area contributed by atoms with Gasteiger partial charge in [0.1, 0.15) is 5.82 Å². The summed E-state index contributed by atoms with van der Waals surface area (Å²) in [5, 5.41) is 7.13. The molecule has 2 aromatic heterocycles. The molecular weight excluding hydrogens is 326 g/mol. The van der Waals surface area contributed by atoms with E-state index in [1.807, 2.05) is 60.7 Å². The van der Waals surface area contributed by atoms with Crippen LogP contribution >= 0.6 is 0 Å². The third-order valence-electron chi connectivity index (χ3n) is 4.00. The van der Waals surface area contributed by atoms with Crippen molar-refractivity contribution in [3.05, 3.63) is 79.1 Å². The summed E-state index contributed by atoms with van der Waals surface area (Å²) in [6.45, 7) is 0. The van der Waals surface area contributed by atoms with Gasteiger partial charge < -0.3 is 16.4 Å². The van der Waals surface area contributed by atoms with E-state index in [1.165, 1.54) is 0 Å². The zero-order valence-electron chi connectivity index (χ0n) is 13.9. The van der Waals surface area contributed by atoms with Crippen LogP contribution in [-0.2, 0) is 0 Å². The van der Waals surface area contributed by atoms with Crippen molar-refractivity contribution in [3.8, 4) is 0 Å². The molecule has 2 aromatic carbocycles. The molecule has 0 atom stereocenters. The van der Waals surface area contributed by atoms with Crippen molar-refractivity contribution in [1.82, 2.24) is 9.55 Å². The number of carbonyl (C=O) groups is 1. The van der Waals surface area contributed by atoms with Crippen LogP contribution in [0.1, 0.15) is 0 Å². The van der Waals surface area contributed by atoms with E-state index in [2.05, 4.69) is 15.6 Å². The Morgan fingerprint density at radius 2 is 1.73 bits per heavy atom. The number of hydrogen-bond acceptors (Lipinski definition) is 4. The number of para-hydroxylation sites is 1. The lowest BCUT2D eigenvalue weighted by Gasteiger charge is -2.09. The van der Waals surface area contributed by atoms with Gasteiger partial charge >= 0.3 is 6.03 Å². The third kappa shape index (κ3) is 3.21. The second-order valence-electron chi connectivity index (χ2n) is 5.85. The van der Waals surface area contributed by atoms with Crippen LogP contribution in [0.25, 0.3) is 10.9 Å². The number of rotatable bonds is 3. The maximum Gasteiger partial charge on any atom is 0.330 e. The minimum atomic E-state index is -0.200. The minimum Gasteiger partial charge on any atom is -0.384 e. The largest absolute Gasteiger partial charge is 0.384 e. The van der Waals surface area contributed by atoms with E-state index in [-0.39, 0.29) is 6.03 Å². The topological polar surface area (TPSA) is 85.0 Å². The highest BCUT2D eigenvalue weighted by Crippen LogP contribution is 2.24. The summed E-state index contributed by atoms with van der Waals surface area (Å²) in [6, 6.07) is 20.5. The van der Waals surface area contributed by atoms with E-state index in [9.17, 15) is 4.79 Å². The molecule has 4 aromatic rings. The number of nitrogens with one attached hydrogen (secondary N) is 2. The molecule has 6 heteroatoms. The summed E-state index contributed by atoms with van der Waals surface area (Å²) < 4.78 is 1.59. The number of nitrogens with two attached hydrogens (primary N) is 1. The summed E-state index contributed by atoms with van der Waals surface area (Å²) in [5.74, 6) is 0.458. The van der Waals surface area contributed by atoms with Crippen molar-refractivity contribution in [2.75, 3.05) is 16.4 Å². The second-order valence-corrected chi connectivity index (χ2v) is 5.85. The maximum absolute atomic E-state index is 12.5. The molecule has 4 rings (SSSR count). The van der Waals surface area contributed by atoms with Crippen molar-refractivity contribution < 1.29 is 4.79 Å².